The van der Waals surface area contributed by atoms with E-state index in [0.29, 0.717) is 23.7 Å². The van der Waals surface area contributed by atoms with Crippen LogP contribution in [0.1, 0.15) is 96.5 Å². The normalized spacial score (nSPS) is 14.0. The van der Waals surface area contributed by atoms with Crippen molar-refractivity contribution in [2.45, 2.75) is 90.9 Å². The van der Waals surface area contributed by atoms with Gasteiger partial charge in [0, 0.05) is 18.4 Å². The van der Waals surface area contributed by atoms with Gasteiger partial charge in [-0.1, -0.05) is 169 Å². The zero-order valence-electron chi connectivity index (χ0n) is 27.7. The third-order valence-electron chi connectivity index (χ3n) is 8.76. The van der Waals surface area contributed by atoms with E-state index in [1.54, 1.807) is 0 Å². The Morgan fingerprint density at radius 2 is 0.957 bits per heavy atom. The van der Waals surface area contributed by atoms with Crippen LogP contribution < -0.4 is 21.2 Å². The van der Waals surface area contributed by atoms with E-state index >= 15 is 0 Å². The summed E-state index contributed by atoms with van der Waals surface area (Å²) in [5.74, 6) is -1.12. The van der Waals surface area contributed by atoms with Crippen molar-refractivity contribution < 1.29 is 14.4 Å². The summed E-state index contributed by atoms with van der Waals surface area (Å²) in [6.45, 7) is 2.30. The number of amides is 2. The first-order valence-corrected chi connectivity index (χ1v) is 19.1. The summed E-state index contributed by atoms with van der Waals surface area (Å²) in [6, 6.07) is 29.3. The van der Waals surface area contributed by atoms with Crippen molar-refractivity contribution in [1.29, 1.82) is 0 Å². The lowest BCUT2D eigenvalue weighted by Crippen LogP contribution is -2.34. The molecule has 0 fully saturated rings. The van der Waals surface area contributed by atoms with E-state index in [-0.39, 0.29) is 17.3 Å². The molecule has 0 spiro atoms. The average molecular weight is 639 g/mol. The summed E-state index contributed by atoms with van der Waals surface area (Å²) in [7, 11) is 0. The lowest BCUT2D eigenvalue weighted by atomic mass is 10.0. The van der Waals surface area contributed by atoms with Crippen LogP contribution in [0.2, 0.25) is 0 Å². The molecule has 3 aromatic carbocycles. The monoisotopic (exact) mass is 638 g/mol. The van der Waals surface area contributed by atoms with Crippen LogP contribution in [0.5, 0.6) is 0 Å². The number of unbranched alkanes of at least 4 members (excludes halogenated alkanes) is 10. The largest absolute Gasteiger partial charge is 0.352 e. The number of ketones is 1. The highest BCUT2D eigenvalue weighted by atomic mass is 31.2. The Hall–Kier alpha value is -3.69. The van der Waals surface area contributed by atoms with Crippen LogP contribution in [0.25, 0.3) is 0 Å². The Kier molecular flexibility index (Phi) is 14.1. The molecular weight excluding hydrogens is 587 g/mol. The molecule has 0 atom stereocenters. The van der Waals surface area contributed by atoms with E-state index in [0.717, 1.165) is 54.7 Å². The van der Waals surface area contributed by atoms with Crippen molar-refractivity contribution in [3.8, 4) is 0 Å². The van der Waals surface area contributed by atoms with E-state index in [4.69, 9.17) is 0 Å². The molecule has 0 aliphatic carbocycles. The van der Waals surface area contributed by atoms with Gasteiger partial charge >= 0.3 is 0 Å². The van der Waals surface area contributed by atoms with Gasteiger partial charge < -0.3 is 10.6 Å². The lowest BCUT2D eigenvalue weighted by molar-refractivity contribution is -0.122. The van der Waals surface area contributed by atoms with Gasteiger partial charge in [0.1, 0.15) is 5.57 Å². The molecule has 0 radical (unpaired) electrons. The van der Waals surface area contributed by atoms with Gasteiger partial charge in [-0.15, -0.1) is 0 Å². The Labute approximate surface area is 276 Å². The fourth-order valence-corrected chi connectivity index (χ4v) is 11.1. The molecule has 244 valence electrons. The predicted molar refractivity (Wildman–Crippen MR) is 194 cm³/mol. The molecule has 5 nitrogen and oxygen atoms in total. The zero-order chi connectivity index (χ0) is 32.6. The molecule has 0 saturated heterocycles. The van der Waals surface area contributed by atoms with Gasteiger partial charge in [0.15, 0.2) is 0 Å². The van der Waals surface area contributed by atoms with Crippen molar-refractivity contribution in [1.82, 2.24) is 10.6 Å². The van der Waals surface area contributed by atoms with E-state index in [9.17, 15) is 14.4 Å². The third-order valence-corrected chi connectivity index (χ3v) is 13.1. The molecule has 2 N–H and O–H groups in total. The molecular formula is C40H51N2O3P. The minimum Gasteiger partial charge on any atom is -0.352 e. The summed E-state index contributed by atoms with van der Waals surface area (Å²) in [6.07, 6.45) is 13.2. The summed E-state index contributed by atoms with van der Waals surface area (Å²) in [5.41, 5.74) is 0.736. The molecule has 0 bridgehead atoms. The molecule has 0 saturated carbocycles. The van der Waals surface area contributed by atoms with E-state index < -0.39 is 12.8 Å². The maximum atomic E-state index is 14.8. The number of rotatable bonds is 19. The van der Waals surface area contributed by atoms with Gasteiger partial charge in [-0.2, -0.15) is 0 Å². The van der Waals surface area contributed by atoms with Gasteiger partial charge in [0.05, 0.1) is 5.31 Å². The fraction of sp³-hybridized carbons (Fsp3) is 0.400. The Bertz CT molecular complexity index is 1470. The summed E-state index contributed by atoms with van der Waals surface area (Å²) in [4.78, 5) is 43.5. The second kappa shape index (κ2) is 18.5. The van der Waals surface area contributed by atoms with Crippen LogP contribution in [0, 0.1) is 0 Å². The van der Waals surface area contributed by atoms with Crippen LogP contribution in [0.4, 0.5) is 0 Å². The molecule has 1 aliphatic heterocycles. The van der Waals surface area contributed by atoms with Gasteiger partial charge in [-0.05, 0) is 35.9 Å². The third kappa shape index (κ3) is 8.36. The van der Waals surface area contributed by atoms with E-state index in [1.165, 1.54) is 38.5 Å². The highest BCUT2D eigenvalue weighted by Gasteiger charge is 2.48. The highest BCUT2D eigenvalue weighted by molar-refractivity contribution is 7.96. The lowest BCUT2D eigenvalue weighted by Gasteiger charge is -2.30. The number of benzene rings is 3. The molecule has 0 unspecified atom stereocenters. The average Bonchev–Trinajstić information content (AvgIpc) is 3.38. The highest BCUT2D eigenvalue weighted by Crippen LogP contribution is 2.61. The van der Waals surface area contributed by atoms with Crippen molar-refractivity contribution in [3.63, 3.8) is 0 Å². The molecule has 4 rings (SSSR count). The standard InChI is InChI=1S/C40H51N2O3P/c1-3-5-7-9-11-22-30-41-39(44)35-36(43)37(32-24-16-13-17-25-32)46(33-26-18-14-19-27-33,34-28-20-15-21-29-34)38(35)40(45)42-31-23-12-10-8-6-4-2/h13-21,24-29H,3-12,22-23,30-31H2,1-2H3,(H,41,44)(H,42,45). The quantitative estimate of drug-likeness (QED) is 0.0804. The van der Waals surface area contributed by atoms with Crippen LogP contribution in [-0.4, -0.2) is 36.0 Å². The van der Waals surface area contributed by atoms with Gasteiger partial charge in [0.2, 0.25) is 5.78 Å². The number of hydrogen-bond acceptors (Lipinski definition) is 3. The topological polar surface area (TPSA) is 75.3 Å². The molecule has 6 heteroatoms. The second-order valence-electron chi connectivity index (χ2n) is 12.2. The van der Waals surface area contributed by atoms with Gasteiger partial charge in [-0.25, -0.2) is 0 Å². The minimum absolute atomic E-state index is 0.00804. The molecule has 2 amide bonds. The van der Waals surface area contributed by atoms with Crippen LogP contribution in [0.3, 0.4) is 0 Å². The summed E-state index contributed by atoms with van der Waals surface area (Å²) >= 11 is 0. The number of hydrogen-bond donors (Lipinski definition) is 2. The first-order chi connectivity index (χ1) is 22.6. The maximum absolute atomic E-state index is 14.8. The van der Waals surface area contributed by atoms with Gasteiger partial charge in [0.25, 0.3) is 11.8 Å². The van der Waals surface area contributed by atoms with Crippen molar-refractivity contribution in [3.05, 3.63) is 107 Å². The molecule has 3 aromatic rings. The molecule has 0 aromatic heterocycles. The zero-order valence-corrected chi connectivity index (χ0v) is 28.6. The smallest absolute Gasteiger partial charge is 0.256 e. The Morgan fingerprint density at radius 3 is 1.43 bits per heavy atom. The van der Waals surface area contributed by atoms with Crippen LogP contribution >= 0.6 is 6.89 Å². The second-order valence-corrected chi connectivity index (χ2v) is 15.4. The number of carbonyl (C=O) groups excluding carboxylic acids is 3. The van der Waals surface area contributed by atoms with Crippen molar-refractivity contribution in [2.75, 3.05) is 13.1 Å². The SMILES string of the molecule is CCCCCCCCNC(=O)C1=C(C(=O)NCCCCCCCC)P(c2ccccc2)(c2ccccc2)=C(c2ccccc2)C1=O. The predicted octanol–water partition coefficient (Wildman–Crippen LogP) is 7.67. The Morgan fingerprint density at radius 1 is 0.543 bits per heavy atom. The first kappa shape index (κ1) is 35.2. The summed E-state index contributed by atoms with van der Waals surface area (Å²) < 4.78 is 0. The van der Waals surface area contributed by atoms with Gasteiger partial charge in [-0.3, -0.25) is 14.4 Å². The Balaban J connectivity index is 1.83. The van der Waals surface area contributed by atoms with Crippen molar-refractivity contribution in [2.24, 2.45) is 0 Å². The molecule has 46 heavy (non-hydrogen) atoms. The minimum atomic E-state index is -3.07. The maximum Gasteiger partial charge on any atom is 0.256 e. The van der Waals surface area contributed by atoms with Crippen LogP contribution in [0.15, 0.2) is 102 Å². The first-order valence-electron chi connectivity index (χ1n) is 17.4. The fourth-order valence-electron chi connectivity index (χ4n) is 6.41. The van der Waals surface area contributed by atoms with Crippen molar-refractivity contribution >= 4 is 40.4 Å². The number of carbonyl (C=O) groups is 3. The van der Waals surface area contributed by atoms with E-state index in [2.05, 4.69) is 24.5 Å². The number of nitrogens with one attached hydrogen (secondary N) is 2. The van der Waals surface area contributed by atoms with Crippen LogP contribution in [-0.2, 0) is 14.4 Å². The van der Waals surface area contributed by atoms with E-state index in [1.807, 2.05) is 91.0 Å². The number of Topliss-reactive ketones (excluding diaryl/α,β-unsaturated/α-hetero) is 1. The molecule has 1 aliphatic rings. The molecule has 1 heterocycles. The summed E-state index contributed by atoms with van der Waals surface area (Å²) in [5, 5.41) is 8.85.